The molecule has 0 aliphatic carbocycles. The van der Waals surface area contributed by atoms with Crippen molar-refractivity contribution in [2.75, 3.05) is 4.90 Å². The molecule has 0 saturated heterocycles. The molecule has 3 nitrogen and oxygen atoms in total. The molecule has 258 valence electrons. The number of hydrogen-bond donors (Lipinski definition) is 0. The number of benzene rings is 9. The number of hydrogen-bond acceptors (Lipinski definition) is 3. The van der Waals surface area contributed by atoms with Crippen molar-refractivity contribution in [2.24, 2.45) is 0 Å². The lowest BCUT2D eigenvalue weighted by Crippen LogP contribution is -2.09. The van der Waals surface area contributed by atoms with E-state index in [-0.39, 0.29) is 0 Å². The monoisotopic (exact) mass is 703 g/mol. The second kappa shape index (κ2) is 12.6. The molecule has 55 heavy (non-hydrogen) atoms. The van der Waals surface area contributed by atoms with Crippen molar-refractivity contribution >= 4 is 71.7 Å². The lowest BCUT2D eigenvalue weighted by Gasteiger charge is -2.26. The van der Waals surface area contributed by atoms with Gasteiger partial charge in [-0.1, -0.05) is 133 Å². The number of fused-ring (bicyclic) bond motifs is 7. The molecule has 0 unspecified atom stereocenters. The van der Waals surface area contributed by atoms with Gasteiger partial charge < -0.3 is 13.7 Å². The van der Waals surface area contributed by atoms with Crippen molar-refractivity contribution in [2.45, 2.75) is 0 Å². The van der Waals surface area contributed by atoms with Crippen LogP contribution in [0.5, 0.6) is 0 Å². The second-order valence-electron chi connectivity index (χ2n) is 14.1. The molecule has 0 fully saturated rings. The summed E-state index contributed by atoms with van der Waals surface area (Å²) in [6.07, 6.45) is 0. The molecule has 0 atom stereocenters. The van der Waals surface area contributed by atoms with Crippen molar-refractivity contribution in [1.29, 1.82) is 0 Å². The van der Waals surface area contributed by atoms with Crippen LogP contribution in [0.25, 0.3) is 88.0 Å². The van der Waals surface area contributed by atoms with Gasteiger partial charge in [-0.25, -0.2) is 0 Å². The van der Waals surface area contributed by atoms with Gasteiger partial charge in [0.25, 0.3) is 0 Å². The highest BCUT2D eigenvalue weighted by molar-refractivity contribution is 6.10. The minimum absolute atomic E-state index is 0.882. The number of furan rings is 2. The highest BCUT2D eigenvalue weighted by atomic mass is 16.3. The smallest absolute Gasteiger partial charge is 0.135 e. The summed E-state index contributed by atoms with van der Waals surface area (Å²) in [6, 6.07) is 71.1. The highest BCUT2D eigenvalue weighted by Gasteiger charge is 2.17. The van der Waals surface area contributed by atoms with Gasteiger partial charge in [0.15, 0.2) is 0 Å². The maximum absolute atomic E-state index is 6.21. The van der Waals surface area contributed by atoms with E-state index in [2.05, 4.69) is 181 Å². The lowest BCUT2D eigenvalue weighted by atomic mass is 9.91. The van der Waals surface area contributed by atoms with E-state index >= 15 is 0 Å². The highest BCUT2D eigenvalue weighted by Crippen LogP contribution is 2.42. The van der Waals surface area contributed by atoms with Gasteiger partial charge in [-0.15, -0.1) is 0 Å². The standard InChI is InChI=1S/C52H33NO2/c1-2-10-34(11-3-1)35-18-23-38(24-19-35)53(40-27-31-52-48(33-40)46-15-7-9-17-50(46)55-52)39-25-20-36(21-26-39)41-28-29-42(44-13-5-4-12-43(41)44)37-22-30-51-47(32-37)45-14-6-8-16-49(45)54-51/h1-33H. The van der Waals surface area contributed by atoms with Gasteiger partial charge in [-0.3, -0.25) is 0 Å². The maximum atomic E-state index is 6.21. The third kappa shape index (κ3) is 5.28. The maximum Gasteiger partial charge on any atom is 0.135 e. The van der Waals surface area contributed by atoms with E-state index < -0.39 is 0 Å². The summed E-state index contributed by atoms with van der Waals surface area (Å²) >= 11 is 0. The Morgan fingerprint density at radius 1 is 0.255 bits per heavy atom. The quantitative estimate of drug-likeness (QED) is 0.173. The Balaban J connectivity index is 1.00. The molecule has 0 spiro atoms. The molecule has 0 amide bonds. The van der Waals surface area contributed by atoms with Crippen LogP contribution in [0.1, 0.15) is 0 Å². The molecular weight excluding hydrogens is 671 g/mol. The van der Waals surface area contributed by atoms with Crippen LogP contribution >= 0.6 is 0 Å². The van der Waals surface area contributed by atoms with Crippen molar-refractivity contribution in [1.82, 2.24) is 0 Å². The average molecular weight is 704 g/mol. The van der Waals surface area contributed by atoms with Crippen LogP contribution in [0, 0.1) is 0 Å². The summed E-state index contributed by atoms with van der Waals surface area (Å²) < 4.78 is 12.3. The van der Waals surface area contributed by atoms with E-state index in [1.54, 1.807) is 0 Å². The van der Waals surface area contributed by atoms with Crippen LogP contribution in [0.2, 0.25) is 0 Å². The lowest BCUT2D eigenvalue weighted by molar-refractivity contribution is 0.668. The number of nitrogens with zero attached hydrogens (tertiary/aromatic N) is 1. The largest absolute Gasteiger partial charge is 0.456 e. The molecule has 3 heteroatoms. The Hall–Kier alpha value is -7.36. The zero-order chi connectivity index (χ0) is 36.3. The Labute approximate surface area is 317 Å². The van der Waals surface area contributed by atoms with Crippen LogP contribution in [-0.2, 0) is 0 Å². The predicted molar refractivity (Wildman–Crippen MR) is 229 cm³/mol. The fraction of sp³-hybridized carbons (Fsp3) is 0. The topological polar surface area (TPSA) is 29.5 Å². The summed E-state index contributed by atoms with van der Waals surface area (Å²) in [5.41, 5.74) is 13.9. The summed E-state index contributed by atoms with van der Waals surface area (Å²) in [4.78, 5) is 2.33. The molecule has 11 aromatic rings. The van der Waals surface area contributed by atoms with Crippen molar-refractivity contribution in [3.63, 3.8) is 0 Å². The van der Waals surface area contributed by atoms with E-state index in [1.165, 1.54) is 44.2 Å². The Bertz CT molecular complexity index is 3190. The van der Waals surface area contributed by atoms with E-state index in [9.17, 15) is 0 Å². The molecule has 0 N–H and O–H groups in total. The molecular formula is C52H33NO2. The zero-order valence-corrected chi connectivity index (χ0v) is 29.8. The molecule has 0 saturated carbocycles. The van der Waals surface area contributed by atoms with Crippen LogP contribution in [-0.4, -0.2) is 0 Å². The van der Waals surface area contributed by atoms with Crippen LogP contribution < -0.4 is 4.90 Å². The first-order valence-electron chi connectivity index (χ1n) is 18.7. The van der Waals surface area contributed by atoms with Gasteiger partial charge in [-0.05, 0) is 111 Å². The second-order valence-corrected chi connectivity index (χ2v) is 14.1. The fourth-order valence-electron chi connectivity index (χ4n) is 8.22. The van der Waals surface area contributed by atoms with Crippen LogP contribution in [0.3, 0.4) is 0 Å². The average Bonchev–Trinajstić information content (AvgIpc) is 3.82. The number of para-hydroxylation sites is 2. The summed E-state index contributed by atoms with van der Waals surface area (Å²) in [5, 5.41) is 6.92. The molecule has 9 aromatic carbocycles. The molecule has 0 radical (unpaired) electrons. The van der Waals surface area contributed by atoms with Crippen molar-refractivity contribution < 1.29 is 8.83 Å². The van der Waals surface area contributed by atoms with Gasteiger partial charge in [0.1, 0.15) is 22.3 Å². The van der Waals surface area contributed by atoms with Gasteiger partial charge in [-0.2, -0.15) is 0 Å². The third-order valence-corrected chi connectivity index (χ3v) is 10.9. The van der Waals surface area contributed by atoms with Gasteiger partial charge >= 0.3 is 0 Å². The molecule has 0 bridgehead atoms. The predicted octanol–water partition coefficient (Wildman–Crippen LogP) is 15.1. The summed E-state index contributed by atoms with van der Waals surface area (Å²) in [7, 11) is 0. The first-order valence-corrected chi connectivity index (χ1v) is 18.7. The minimum Gasteiger partial charge on any atom is -0.456 e. The van der Waals surface area contributed by atoms with Gasteiger partial charge in [0, 0.05) is 38.6 Å². The van der Waals surface area contributed by atoms with Gasteiger partial charge in [0.05, 0.1) is 0 Å². The van der Waals surface area contributed by atoms with Gasteiger partial charge in [0.2, 0.25) is 0 Å². The molecule has 2 aromatic heterocycles. The molecule has 0 aliphatic heterocycles. The first kappa shape index (κ1) is 31.2. The van der Waals surface area contributed by atoms with Crippen LogP contribution in [0.4, 0.5) is 17.1 Å². The zero-order valence-electron chi connectivity index (χ0n) is 29.8. The molecule has 11 rings (SSSR count). The Morgan fingerprint density at radius 3 is 1.29 bits per heavy atom. The van der Waals surface area contributed by atoms with E-state index in [0.717, 1.165) is 60.9 Å². The SMILES string of the molecule is c1ccc(-c2ccc(N(c3ccc(-c4ccc(-c5ccc6oc7ccccc7c6c5)c5ccccc45)cc3)c3ccc4oc5ccccc5c4c3)cc2)cc1. The van der Waals surface area contributed by atoms with Crippen LogP contribution in [0.15, 0.2) is 209 Å². The number of rotatable bonds is 6. The summed E-state index contributed by atoms with van der Waals surface area (Å²) in [6.45, 7) is 0. The van der Waals surface area contributed by atoms with E-state index in [1.807, 2.05) is 24.3 Å². The third-order valence-electron chi connectivity index (χ3n) is 10.9. The molecule has 0 aliphatic rings. The fourth-order valence-corrected chi connectivity index (χ4v) is 8.22. The molecule has 2 heterocycles. The van der Waals surface area contributed by atoms with E-state index in [4.69, 9.17) is 8.83 Å². The normalized spacial score (nSPS) is 11.6. The Morgan fingerprint density at radius 2 is 0.673 bits per heavy atom. The van der Waals surface area contributed by atoms with Crippen molar-refractivity contribution in [3.8, 4) is 33.4 Å². The summed E-state index contributed by atoms with van der Waals surface area (Å²) in [5.74, 6) is 0. The number of anilines is 3. The van der Waals surface area contributed by atoms with E-state index in [0.29, 0.717) is 0 Å². The minimum atomic E-state index is 0.882. The first-order chi connectivity index (χ1) is 27.2. The van der Waals surface area contributed by atoms with Crippen molar-refractivity contribution in [3.05, 3.63) is 200 Å². The Kier molecular flexibility index (Phi) is 7.17.